The number of benzene rings is 2. The molecule has 0 spiro atoms. The first-order chi connectivity index (χ1) is 16.4. The van der Waals surface area contributed by atoms with Gasteiger partial charge < -0.3 is 14.6 Å². The van der Waals surface area contributed by atoms with Gasteiger partial charge in [0.05, 0.1) is 22.8 Å². The maximum atomic E-state index is 12.5. The van der Waals surface area contributed by atoms with Crippen molar-refractivity contribution < 1.29 is 14.6 Å². The van der Waals surface area contributed by atoms with Crippen LogP contribution in [0.3, 0.4) is 0 Å². The van der Waals surface area contributed by atoms with E-state index in [4.69, 9.17) is 4.74 Å². The van der Waals surface area contributed by atoms with Crippen LogP contribution in [-0.4, -0.2) is 55.8 Å². The predicted octanol–water partition coefficient (Wildman–Crippen LogP) is 5.45. The molecule has 34 heavy (non-hydrogen) atoms. The van der Waals surface area contributed by atoms with E-state index in [0.717, 1.165) is 70.3 Å². The topological polar surface area (TPSA) is 75.3 Å². The Morgan fingerprint density at radius 1 is 1.18 bits per heavy atom. The number of aromatic amines is 1. The number of pyridine rings is 1. The first kappa shape index (κ1) is 22.9. The summed E-state index contributed by atoms with van der Waals surface area (Å²) in [6.07, 6.45) is 4.14. The maximum Gasteiger partial charge on any atom is 0.178 e. The van der Waals surface area contributed by atoms with E-state index >= 15 is 0 Å². The second-order valence-corrected chi connectivity index (χ2v) is 11.7. The molecule has 180 valence electrons. The Kier molecular flexibility index (Phi) is 6.08. The van der Waals surface area contributed by atoms with Crippen LogP contribution in [0.1, 0.15) is 26.8 Å². The van der Waals surface area contributed by atoms with Crippen LogP contribution in [0.25, 0.3) is 33.1 Å². The van der Waals surface area contributed by atoms with Gasteiger partial charge in [0.15, 0.2) is 9.84 Å². The molecule has 2 aromatic heterocycles. The van der Waals surface area contributed by atoms with E-state index in [1.807, 2.05) is 37.4 Å². The molecule has 0 saturated carbocycles. The SMILES string of the molecule is CCS(=O)(=O)c1cccc(-c2ccc(OCC3CCN(C)CC3)c3[nH]c4ncc(C)cc4c23)c1.[HH]. The molecule has 1 saturated heterocycles. The number of aromatic nitrogens is 2. The van der Waals surface area contributed by atoms with E-state index < -0.39 is 9.84 Å². The first-order valence-corrected chi connectivity index (χ1v) is 13.6. The van der Waals surface area contributed by atoms with E-state index in [1.165, 1.54) is 0 Å². The Hall–Kier alpha value is -2.90. The molecule has 0 bridgehead atoms. The highest BCUT2D eigenvalue weighted by atomic mass is 32.2. The molecule has 0 unspecified atom stereocenters. The normalized spacial score (nSPS) is 15.9. The quantitative estimate of drug-likeness (QED) is 0.398. The summed E-state index contributed by atoms with van der Waals surface area (Å²) in [4.78, 5) is 10.8. The van der Waals surface area contributed by atoms with Crippen LogP contribution in [0, 0.1) is 12.8 Å². The number of piperidine rings is 1. The molecule has 0 radical (unpaired) electrons. The monoisotopic (exact) mass is 479 g/mol. The Labute approximate surface area is 202 Å². The number of nitrogens with zero attached hydrogens (tertiary/aromatic N) is 2. The molecule has 1 fully saturated rings. The fraction of sp³-hybridized carbons (Fsp3) is 0.370. The molecule has 0 amide bonds. The smallest absolute Gasteiger partial charge is 0.178 e. The van der Waals surface area contributed by atoms with E-state index in [0.29, 0.717) is 17.4 Å². The second-order valence-electron chi connectivity index (χ2n) is 9.38. The van der Waals surface area contributed by atoms with Gasteiger partial charge in [0.25, 0.3) is 0 Å². The van der Waals surface area contributed by atoms with Gasteiger partial charge in [-0.3, -0.25) is 0 Å². The van der Waals surface area contributed by atoms with Gasteiger partial charge in [0.2, 0.25) is 0 Å². The summed E-state index contributed by atoms with van der Waals surface area (Å²) in [6.45, 7) is 6.60. The molecule has 0 atom stereocenters. The Morgan fingerprint density at radius 2 is 1.97 bits per heavy atom. The highest BCUT2D eigenvalue weighted by molar-refractivity contribution is 7.91. The molecule has 1 aliphatic rings. The average molecular weight is 480 g/mol. The van der Waals surface area contributed by atoms with Crippen LogP contribution >= 0.6 is 0 Å². The summed E-state index contributed by atoms with van der Waals surface area (Å²) < 4.78 is 31.4. The third-order valence-electron chi connectivity index (χ3n) is 6.90. The van der Waals surface area contributed by atoms with E-state index in [9.17, 15) is 8.42 Å². The van der Waals surface area contributed by atoms with Crippen molar-refractivity contribution >= 4 is 31.8 Å². The zero-order valence-corrected chi connectivity index (χ0v) is 20.8. The van der Waals surface area contributed by atoms with Gasteiger partial charge in [0, 0.05) is 18.4 Å². The molecule has 1 N–H and O–H groups in total. The van der Waals surface area contributed by atoms with Gasteiger partial charge in [-0.1, -0.05) is 19.1 Å². The van der Waals surface area contributed by atoms with Crippen molar-refractivity contribution in [1.82, 2.24) is 14.9 Å². The summed E-state index contributed by atoms with van der Waals surface area (Å²) in [7, 11) is -1.13. The minimum atomic E-state index is -3.30. The Balaban J connectivity index is 0.00000289. The minimum Gasteiger partial charge on any atom is -0.491 e. The number of hydrogen-bond donors (Lipinski definition) is 1. The summed E-state index contributed by atoms with van der Waals surface area (Å²) in [5.41, 5.74) is 4.60. The summed E-state index contributed by atoms with van der Waals surface area (Å²) in [5, 5.41) is 2.02. The van der Waals surface area contributed by atoms with Crippen molar-refractivity contribution in [3.8, 4) is 16.9 Å². The number of ether oxygens (including phenoxy) is 1. The van der Waals surface area contributed by atoms with Crippen molar-refractivity contribution in [3.05, 3.63) is 54.2 Å². The summed E-state index contributed by atoms with van der Waals surface area (Å²) in [5.74, 6) is 1.43. The lowest BCUT2D eigenvalue weighted by molar-refractivity contribution is 0.161. The van der Waals surface area contributed by atoms with Gasteiger partial charge in [-0.15, -0.1) is 0 Å². The highest BCUT2D eigenvalue weighted by Crippen LogP contribution is 2.39. The molecule has 5 rings (SSSR count). The van der Waals surface area contributed by atoms with Gasteiger partial charge in [0.1, 0.15) is 11.4 Å². The molecule has 3 heterocycles. The van der Waals surface area contributed by atoms with Gasteiger partial charge in [-0.2, -0.15) is 0 Å². The number of fused-ring (bicyclic) bond motifs is 3. The number of likely N-dealkylation sites (tertiary alicyclic amines) is 1. The van der Waals surface area contributed by atoms with E-state index in [1.54, 1.807) is 19.1 Å². The Morgan fingerprint density at radius 3 is 2.74 bits per heavy atom. The fourth-order valence-electron chi connectivity index (χ4n) is 4.79. The fourth-order valence-corrected chi connectivity index (χ4v) is 5.71. The van der Waals surface area contributed by atoms with Gasteiger partial charge >= 0.3 is 0 Å². The lowest BCUT2D eigenvalue weighted by atomic mass is 9.98. The molecule has 1 aliphatic heterocycles. The van der Waals surface area contributed by atoms with Crippen LogP contribution in [0.4, 0.5) is 0 Å². The maximum absolute atomic E-state index is 12.5. The number of nitrogens with one attached hydrogen (secondary N) is 1. The summed E-state index contributed by atoms with van der Waals surface area (Å²) in [6, 6.07) is 13.4. The third-order valence-corrected chi connectivity index (χ3v) is 8.63. The molecule has 6 nitrogen and oxygen atoms in total. The van der Waals surface area contributed by atoms with Crippen molar-refractivity contribution in [1.29, 1.82) is 0 Å². The van der Waals surface area contributed by atoms with Crippen LogP contribution in [0.5, 0.6) is 5.75 Å². The molecular formula is C27H33N3O3S. The third kappa shape index (κ3) is 4.30. The van der Waals surface area contributed by atoms with E-state index in [-0.39, 0.29) is 7.18 Å². The lowest BCUT2D eigenvalue weighted by Gasteiger charge is -2.28. The number of sulfone groups is 1. The Bertz CT molecular complexity index is 1460. The van der Waals surface area contributed by atoms with Crippen LogP contribution in [0.2, 0.25) is 0 Å². The molecular weight excluding hydrogens is 446 g/mol. The molecule has 2 aromatic carbocycles. The van der Waals surface area contributed by atoms with Gasteiger partial charge in [-0.05, 0) is 92.8 Å². The van der Waals surface area contributed by atoms with E-state index in [2.05, 4.69) is 28.0 Å². The average Bonchev–Trinajstić information content (AvgIpc) is 3.22. The van der Waals surface area contributed by atoms with Gasteiger partial charge in [-0.25, -0.2) is 13.4 Å². The highest BCUT2D eigenvalue weighted by Gasteiger charge is 2.20. The van der Waals surface area contributed by atoms with Crippen molar-refractivity contribution in [2.24, 2.45) is 5.92 Å². The van der Waals surface area contributed by atoms with Crippen molar-refractivity contribution in [2.45, 2.75) is 31.6 Å². The number of hydrogen-bond acceptors (Lipinski definition) is 5. The van der Waals surface area contributed by atoms with Crippen LogP contribution < -0.4 is 4.74 Å². The second kappa shape index (κ2) is 9.04. The summed E-state index contributed by atoms with van der Waals surface area (Å²) >= 11 is 0. The molecule has 7 heteroatoms. The lowest BCUT2D eigenvalue weighted by Crippen LogP contribution is -2.32. The predicted molar refractivity (Wildman–Crippen MR) is 139 cm³/mol. The number of rotatable bonds is 6. The first-order valence-electron chi connectivity index (χ1n) is 11.9. The number of aryl methyl sites for hydroxylation is 1. The van der Waals surface area contributed by atoms with Crippen molar-refractivity contribution in [3.63, 3.8) is 0 Å². The standard InChI is InChI=1S/C27H31N3O3S.H2/c1-4-34(31,32)21-7-5-6-20(15-21)22-8-9-24(33-17-19-10-12-30(3)13-11-19)26-25(22)23-14-18(2)16-28-27(23)29-26;/h5-9,14-16,19H,4,10-13,17H2,1-3H3,(H,28,29);1H. The zero-order valence-electron chi connectivity index (χ0n) is 20.0. The van der Waals surface area contributed by atoms with Crippen LogP contribution in [-0.2, 0) is 9.84 Å². The van der Waals surface area contributed by atoms with Crippen molar-refractivity contribution in [2.75, 3.05) is 32.5 Å². The molecule has 0 aliphatic carbocycles. The molecule has 4 aromatic rings. The largest absolute Gasteiger partial charge is 0.491 e. The van der Waals surface area contributed by atoms with Crippen LogP contribution in [0.15, 0.2) is 53.6 Å². The minimum absolute atomic E-state index is 0. The number of H-pyrrole nitrogens is 1. The zero-order chi connectivity index (χ0) is 23.9.